The quantitative estimate of drug-likeness (QED) is 0.918. The maximum absolute atomic E-state index is 11.2. The van der Waals surface area contributed by atoms with Crippen LogP contribution in [0.1, 0.15) is 36.1 Å². The van der Waals surface area contributed by atoms with Gasteiger partial charge in [-0.1, -0.05) is 18.3 Å². The number of aromatic carboxylic acids is 1. The van der Waals surface area contributed by atoms with Crippen molar-refractivity contribution >= 4 is 22.4 Å². The molecule has 1 N–H and O–H groups in total. The Bertz CT molecular complexity index is 484. The van der Waals surface area contributed by atoms with Gasteiger partial charge in [-0.05, 0) is 27.3 Å². The molecule has 0 aromatic carbocycles. The van der Waals surface area contributed by atoms with Crippen molar-refractivity contribution in [3.63, 3.8) is 0 Å². The van der Waals surface area contributed by atoms with Crippen LogP contribution in [0.2, 0.25) is 0 Å². The van der Waals surface area contributed by atoms with Gasteiger partial charge >= 0.3 is 5.97 Å². The molecule has 0 amide bonds. The molecule has 2 heterocycles. The van der Waals surface area contributed by atoms with Crippen molar-refractivity contribution in [1.29, 1.82) is 0 Å². The molecule has 1 aromatic heterocycles. The molecule has 0 saturated carbocycles. The number of thiazole rings is 1. The summed E-state index contributed by atoms with van der Waals surface area (Å²) < 4.78 is 0. The summed E-state index contributed by atoms with van der Waals surface area (Å²) in [5.74, 6) is -0.867. The molecule has 106 valence electrons. The van der Waals surface area contributed by atoms with Gasteiger partial charge in [0.05, 0.1) is 5.69 Å². The first kappa shape index (κ1) is 14.3. The lowest BCUT2D eigenvalue weighted by Gasteiger charge is -2.45. The standard InChI is InChI=1S/C13H21N3O2S/c1-5-9-10(11(17)18)19-12(14-9)16-7-6-15(4)13(2,3)8-16/h5-8H2,1-4H3,(H,17,18). The molecule has 5 nitrogen and oxygen atoms in total. The lowest BCUT2D eigenvalue weighted by atomic mass is 10.0. The number of aryl methyl sites for hydroxylation is 1. The molecule has 1 fully saturated rings. The molecule has 19 heavy (non-hydrogen) atoms. The Balaban J connectivity index is 2.25. The highest BCUT2D eigenvalue weighted by molar-refractivity contribution is 7.17. The van der Waals surface area contributed by atoms with Gasteiger partial charge in [0.15, 0.2) is 5.13 Å². The summed E-state index contributed by atoms with van der Waals surface area (Å²) in [7, 11) is 2.12. The van der Waals surface area contributed by atoms with Crippen molar-refractivity contribution in [3.8, 4) is 0 Å². The molecular weight excluding hydrogens is 262 g/mol. The fourth-order valence-electron chi connectivity index (χ4n) is 2.28. The van der Waals surface area contributed by atoms with Crippen molar-refractivity contribution in [1.82, 2.24) is 9.88 Å². The maximum atomic E-state index is 11.2. The van der Waals surface area contributed by atoms with E-state index in [0.717, 1.165) is 24.8 Å². The molecule has 0 radical (unpaired) electrons. The average molecular weight is 283 g/mol. The predicted octanol–water partition coefficient (Wildman–Crippen LogP) is 1.93. The Morgan fingerprint density at radius 2 is 2.16 bits per heavy atom. The summed E-state index contributed by atoms with van der Waals surface area (Å²) in [4.78, 5) is 20.6. The smallest absolute Gasteiger partial charge is 0.347 e. The number of piperazine rings is 1. The monoisotopic (exact) mass is 283 g/mol. The minimum Gasteiger partial charge on any atom is -0.477 e. The number of nitrogens with zero attached hydrogens (tertiary/aromatic N) is 3. The van der Waals surface area contributed by atoms with E-state index in [2.05, 4.69) is 35.7 Å². The minimum atomic E-state index is -0.867. The first-order valence-corrected chi connectivity index (χ1v) is 7.36. The molecule has 0 spiro atoms. The summed E-state index contributed by atoms with van der Waals surface area (Å²) in [6.45, 7) is 9.09. The average Bonchev–Trinajstić information content (AvgIpc) is 2.76. The molecule has 2 rings (SSSR count). The van der Waals surface area contributed by atoms with Crippen LogP contribution in [0.15, 0.2) is 0 Å². The predicted molar refractivity (Wildman–Crippen MR) is 77.4 cm³/mol. The SMILES string of the molecule is CCc1nc(N2CCN(C)C(C)(C)C2)sc1C(=O)O. The largest absolute Gasteiger partial charge is 0.477 e. The number of carboxylic acid groups (broad SMARTS) is 1. The van der Waals surface area contributed by atoms with Gasteiger partial charge in [0.1, 0.15) is 4.88 Å². The Kier molecular flexibility index (Phi) is 3.82. The van der Waals surface area contributed by atoms with E-state index in [-0.39, 0.29) is 5.54 Å². The summed E-state index contributed by atoms with van der Waals surface area (Å²) in [5.41, 5.74) is 0.781. The molecule has 1 saturated heterocycles. The van der Waals surface area contributed by atoms with Crippen LogP contribution < -0.4 is 4.90 Å². The number of rotatable bonds is 3. The lowest BCUT2D eigenvalue weighted by molar-refractivity contribution is 0.0701. The zero-order valence-electron chi connectivity index (χ0n) is 11.9. The molecule has 0 bridgehead atoms. The van der Waals surface area contributed by atoms with Crippen LogP contribution in [0.4, 0.5) is 5.13 Å². The first-order chi connectivity index (χ1) is 8.85. The van der Waals surface area contributed by atoms with E-state index >= 15 is 0 Å². The van der Waals surface area contributed by atoms with Crippen molar-refractivity contribution in [2.45, 2.75) is 32.7 Å². The lowest BCUT2D eigenvalue weighted by Crippen LogP contribution is -2.57. The Labute approximate surface area is 117 Å². The van der Waals surface area contributed by atoms with Crippen LogP contribution in [0.3, 0.4) is 0 Å². The molecule has 6 heteroatoms. The fourth-order valence-corrected chi connectivity index (χ4v) is 3.30. The number of likely N-dealkylation sites (N-methyl/N-ethyl adjacent to an activating group) is 1. The summed E-state index contributed by atoms with van der Waals surface area (Å²) in [6.07, 6.45) is 0.662. The Morgan fingerprint density at radius 1 is 1.47 bits per heavy atom. The van der Waals surface area contributed by atoms with Gasteiger partial charge in [-0.15, -0.1) is 0 Å². The van der Waals surface area contributed by atoms with Gasteiger partial charge in [0, 0.05) is 25.2 Å². The molecule has 1 aliphatic rings. The normalized spacial score (nSPS) is 19.7. The molecule has 1 aromatic rings. The zero-order valence-corrected chi connectivity index (χ0v) is 12.8. The van der Waals surface area contributed by atoms with Crippen LogP contribution in [0, 0.1) is 0 Å². The number of aromatic nitrogens is 1. The summed E-state index contributed by atoms with van der Waals surface area (Å²) in [5, 5.41) is 10.0. The van der Waals surface area contributed by atoms with Crippen LogP contribution in [-0.4, -0.2) is 53.2 Å². The Hall–Kier alpha value is -1.14. The molecule has 0 atom stereocenters. The third-order valence-corrected chi connectivity index (χ3v) is 4.95. The second-order valence-electron chi connectivity index (χ2n) is 5.59. The van der Waals surface area contributed by atoms with Gasteiger partial charge < -0.3 is 10.0 Å². The van der Waals surface area contributed by atoms with Crippen LogP contribution in [-0.2, 0) is 6.42 Å². The number of anilines is 1. The zero-order chi connectivity index (χ0) is 14.2. The third kappa shape index (κ3) is 2.74. The fraction of sp³-hybridized carbons (Fsp3) is 0.692. The maximum Gasteiger partial charge on any atom is 0.347 e. The third-order valence-electron chi connectivity index (χ3n) is 3.80. The highest BCUT2D eigenvalue weighted by Gasteiger charge is 2.33. The van der Waals surface area contributed by atoms with E-state index in [9.17, 15) is 9.90 Å². The number of hydrogen-bond acceptors (Lipinski definition) is 5. The molecular formula is C13H21N3O2S. The van der Waals surface area contributed by atoms with E-state index in [1.54, 1.807) is 0 Å². The molecule has 0 unspecified atom stereocenters. The summed E-state index contributed by atoms with van der Waals surface area (Å²) in [6, 6.07) is 0. The molecule has 0 aliphatic carbocycles. The summed E-state index contributed by atoms with van der Waals surface area (Å²) >= 11 is 1.30. The van der Waals surface area contributed by atoms with E-state index in [1.165, 1.54) is 11.3 Å². The van der Waals surface area contributed by atoms with E-state index < -0.39 is 5.97 Å². The second kappa shape index (κ2) is 5.09. The Morgan fingerprint density at radius 3 is 2.63 bits per heavy atom. The van der Waals surface area contributed by atoms with Gasteiger partial charge in [-0.25, -0.2) is 9.78 Å². The highest BCUT2D eigenvalue weighted by Crippen LogP contribution is 2.30. The van der Waals surface area contributed by atoms with Crippen LogP contribution >= 0.6 is 11.3 Å². The van der Waals surface area contributed by atoms with Crippen LogP contribution in [0.5, 0.6) is 0 Å². The van der Waals surface area contributed by atoms with E-state index in [4.69, 9.17) is 0 Å². The van der Waals surface area contributed by atoms with Crippen molar-refractivity contribution < 1.29 is 9.90 Å². The van der Waals surface area contributed by atoms with Crippen molar-refractivity contribution in [2.24, 2.45) is 0 Å². The van der Waals surface area contributed by atoms with Gasteiger partial charge in [-0.3, -0.25) is 4.90 Å². The minimum absolute atomic E-state index is 0.0830. The molecule has 1 aliphatic heterocycles. The van der Waals surface area contributed by atoms with Crippen LogP contribution in [0.25, 0.3) is 0 Å². The highest BCUT2D eigenvalue weighted by atomic mass is 32.1. The van der Waals surface area contributed by atoms with E-state index in [0.29, 0.717) is 17.0 Å². The van der Waals surface area contributed by atoms with Crippen molar-refractivity contribution in [3.05, 3.63) is 10.6 Å². The number of hydrogen-bond donors (Lipinski definition) is 1. The second-order valence-corrected chi connectivity index (χ2v) is 6.56. The number of carboxylic acids is 1. The first-order valence-electron chi connectivity index (χ1n) is 6.54. The van der Waals surface area contributed by atoms with Crippen molar-refractivity contribution in [2.75, 3.05) is 31.6 Å². The van der Waals surface area contributed by atoms with Gasteiger partial charge in [-0.2, -0.15) is 0 Å². The number of carbonyl (C=O) groups is 1. The van der Waals surface area contributed by atoms with Gasteiger partial charge in [0.2, 0.25) is 0 Å². The van der Waals surface area contributed by atoms with Gasteiger partial charge in [0.25, 0.3) is 0 Å². The topological polar surface area (TPSA) is 56.7 Å². The van der Waals surface area contributed by atoms with E-state index in [1.807, 2.05) is 6.92 Å².